The Labute approximate surface area is 93.9 Å². The van der Waals surface area contributed by atoms with E-state index in [0.717, 1.165) is 12.1 Å². The minimum absolute atomic E-state index is 0.296. The summed E-state index contributed by atoms with van der Waals surface area (Å²) in [5.41, 5.74) is 3.04. The van der Waals surface area contributed by atoms with E-state index in [4.69, 9.17) is 0 Å². The molecule has 1 rings (SSSR count). The van der Waals surface area contributed by atoms with Crippen LogP contribution in [0.1, 0.15) is 45.9 Å². The average molecular weight is 205 g/mol. The normalized spacial score (nSPS) is 12.9. The van der Waals surface area contributed by atoms with E-state index >= 15 is 0 Å². The Morgan fingerprint density at radius 2 is 1.67 bits per heavy atom. The molecule has 0 spiro atoms. The average Bonchev–Trinajstić information content (AvgIpc) is 2.06. The van der Waals surface area contributed by atoms with Gasteiger partial charge in [0.05, 0.1) is 0 Å². The molecule has 0 aromatic carbocycles. The van der Waals surface area contributed by atoms with Crippen LogP contribution in [0.15, 0.2) is 18.3 Å². The van der Waals surface area contributed by atoms with Gasteiger partial charge in [-0.2, -0.15) is 0 Å². The van der Waals surface area contributed by atoms with Crippen LogP contribution in [0.25, 0.3) is 0 Å². The fraction of sp³-hybridized carbons (Fsp3) is 0.643. The summed E-state index contributed by atoms with van der Waals surface area (Å²) >= 11 is 0. The topological polar surface area (TPSA) is 12.9 Å². The van der Waals surface area contributed by atoms with Crippen LogP contribution in [-0.4, -0.2) is 4.98 Å². The highest BCUT2D eigenvalue weighted by atomic mass is 14.7. The molecular formula is C14H23N. The van der Waals surface area contributed by atoms with Crippen molar-refractivity contribution in [2.45, 2.75) is 48.0 Å². The number of pyridine rings is 1. The molecule has 0 bridgehead atoms. The molecule has 0 saturated heterocycles. The summed E-state index contributed by atoms with van der Waals surface area (Å²) in [7, 11) is 0. The molecule has 0 unspecified atom stereocenters. The quantitative estimate of drug-likeness (QED) is 0.711. The molecule has 1 aromatic heterocycles. The minimum Gasteiger partial charge on any atom is -0.261 e. The molecule has 1 heterocycles. The van der Waals surface area contributed by atoms with Crippen LogP contribution in [0.4, 0.5) is 0 Å². The smallest absolute Gasteiger partial charge is 0.0372 e. The molecule has 0 radical (unpaired) electrons. The highest BCUT2D eigenvalue weighted by molar-refractivity contribution is 5.15. The number of hydrogen-bond acceptors (Lipinski definition) is 1. The van der Waals surface area contributed by atoms with Crippen molar-refractivity contribution in [1.82, 2.24) is 4.98 Å². The molecule has 84 valence electrons. The number of hydrogen-bond donors (Lipinski definition) is 0. The van der Waals surface area contributed by atoms with E-state index in [-0.39, 0.29) is 0 Å². The maximum atomic E-state index is 4.35. The SMILES string of the molecule is Cc1ccc(CC(C)(C)C(C)(C)C)cn1. The first-order valence-electron chi connectivity index (χ1n) is 5.64. The first-order valence-corrected chi connectivity index (χ1v) is 5.64. The van der Waals surface area contributed by atoms with Crippen molar-refractivity contribution in [2.75, 3.05) is 0 Å². The van der Waals surface area contributed by atoms with Crippen molar-refractivity contribution >= 4 is 0 Å². The second-order valence-corrected chi connectivity index (χ2v) is 6.12. The number of aryl methyl sites for hydroxylation is 1. The Morgan fingerprint density at radius 1 is 1.07 bits per heavy atom. The lowest BCUT2D eigenvalue weighted by atomic mass is 9.66. The summed E-state index contributed by atoms with van der Waals surface area (Å²) in [6.45, 7) is 13.6. The van der Waals surface area contributed by atoms with Crippen molar-refractivity contribution in [3.8, 4) is 0 Å². The van der Waals surface area contributed by atoms with Gasteiger partial charge in [-0.05, 0) is 35.8 Å². The van der Waals surface area contributed by atoms with Crippen LogP contribution in [-0.2, 0) is 6.42 Å². The summed E-state index contributed by atoms with van der Waals surface area (Å²) in [4.78, 5) is 4.35. The van der Waals surface area contributed by atoms with Gasteiger partial charge in [0.1, 0.15) is 0 Å². The van der Waals surface area contributed by atoms with Crippen molar-refractivity contribution in [3.05, 3.63) is 29.6 Å². The molecule has 0 aliphatic heterocycles. The molecule has 0 aliphatic rings. The van der Waals surface area contributed by atoms with Crippen LogP contribution in [0.2, 0.25) is 0 Å². The highest BCUT2D eigenvalue weighted by Gasteiger charge is 2.32. The summed E-state index contributed by atoms with van der Waals surface area (Å²) < 4.78 is 0. The van der Waals surface area contributed by atoms with Crippen LogP contribution in [0.3, 0.4) is 0 Å². The molecule has 1 nitrogen and oxygen atoms in total. The van der Waals surface area contributed by atoms with Crippen LogP contribution >= 0.6 is 0 Å². The van der Waals surface area contributed by atoms with E-state index in [0.29, 0.717) is 10.8 Å². The third-order valence-corrected chi connectivity index (χ3v) is 3.65. The first-order chi connectivity index (χ1) is 6.72. The molecule has 0 aliphatic carbocycles. The zero-order valence-corrected chi connectivity index (χ0v) is 10.9. The summed E-state index contributed by atoms with van der Waals surface area (Å²) in [5, 5.41) is 0. The lowest BCUT2D eigenvalue weighted by Gasteiger charge is -2.39. The van der Waals surface area contributed by atoms with E-state index in [1.807, 2.05) is 13.1 Å². The number of aromatic nitrogens is 1. The Balaban J connectivity index is 2.82. The predicted octanol–water partition coefficient (Wildman–Crippen LogP) is 4.00. The molecule has 0 saturated carbocycles. The van der Waals surface area contributed by atoms with Gasteiger partial charge < -0.3 is 0 Å². The second kappa shape index (κ2) is 3.96. The third-order valence-electron chi connectivity index (χ3n) is 3.65. The molecule has 0 fully saturated rings. The van der Waals surface area contributed by atoms with Gasteiger partial charge in [-0.3, -0.25) is 4.98 Å². The molecule has 0 atom stereocenters. The predicted molar refractivity (Wildman–Crippen MR) is 65.9 cm³/mol. The van der Waals surface area contributed by atoms with E-state index in [2.05, 4.69) is 51.7 Å². The van der Waals surface area contributed by atoms with E-state index in [1.54, 1.807) is 0 Å². The molecule has 0 amide bonds. The fourth-order valence-electron chi connectivity index (χ4n) is 1.38. The Bertz CT molecular complexity index is 314. The van der Waals surface area contributed by atoms with Gasteiger partial charge in [-0.15, -0.1) is 0 Å². The molecule has 15 heavy (non-hydrogen) atoms. The van der Waals surface area contributed by atoms with Gasteiger partial charge in [0.25, 0.3) is 0 Å². The maximum Gasteiger partial charge on any atom is 0.0372 e. The summed E-state index contributed by atoms with van der Waals surface area (Å²) in [6, 6.07) is 4.28. The summed E-state index contributed by atoms with van der Waals surface area (Å²) in [6.07, 6.45) is 3.09. The molecule has 0 N–H and O–H groups in total. The Kier molecular flexibility index (Phi) is 3.22. The van der Waals surface area contributed by atoms with E-state index in [1.165, 1.54) is 5.56 Å². The van der Waals surface area contributed by atoms with Gasteiger partial charge in [0.2, 0.25) is 0 Å². The monoisotopic (exact) mass is 205 g/mol. The molecule has 1 heteroatoms. The number of rotatable bonds is 2. The van der Waals surface area contributed by atoms with E-state index < -0.39 is 0 Å². The largest absolute Gasteiger partial charge is 0.261 e. The van der Waals surface area contributed by atoms with Crippen molar-refractivity contribution < 1.29 is 0 Å². The van der Waals surface area contributed by atoms with Gasteiger partial charge >= 0.3 is 0 Å². The zero-order valence-electron chi connectivity index (χ0n) is 10.9. The van der Waals surface area contributed by atoms with Crippen molar-refractivity contribution in [3.63, 3.8) is 0 Å². The lowest BCUT2D eigenvalue weighted by molar-refractivity contribution is 0.132. The lowest BCUT2D eigenvalue weighted by Crippen LogP contribution is -2.31. The van der Waals surface area contributed by atoms with Gasteiger partial charge in [-0.1, -0.05) is 40.7 Å². The van der Waals surface area contributed by atoms with Crippen molar-refractivity contribution in [2.24, 2.45) is 10.8 Å². The molecule has 1 aromatic rings. The standard InChI is InChI=1S/C14H23N/c1-11-7-8-12(10-15-11)9-14(5,6)13(2,3)4/h7-8,10H,9H2,1-6H3. The van der Waals surface area contributed by atoms with Crippen molar-refractivity contribution in [1.29, 1.82) is 0 Å². The summed E-state index contributed by atoms with van der Waals surface area (Å²) in [5.74, 6) is 0. The zero-order chi connectivity index (χ0) is 11.7. The van der Waals surface area contributed by atoms with Gasteiger partial charge in [-0.25, -0.2) is 0 Å². The number of nitrogens with zero attached hydrogens (tertiary/aromatic N) is 1. The van der Waals surface area contributed by atoms with Crippen LogP contribution < -0.4 is 0 Å². The fourth-order valence-corrected chi connectivity index (χ4v) is 1.38. The first kappa shape index (κ1) is 12.2. The highest BCUT2D eigenvalue weighted by Crippen LogP contribution is 2.40. The van der Waals surface area contributed by atoms with Crippen LogP contribution in [0.5, 0.6) is 0 Å². The Hall–Kier alpha value is -0.850. The van der Waals surface area contributed by atoms with Crippen LogP contribution in [0, 0.1) is 17.8 Å². The van der Waals surface area contributed by atoms with E-state index in [9.17, 15) is 0 Å². The second-order valence-electron chi connectivity index (χ2n) is 6.12. The maximum absolute atomic E-state index is 4.35. The Morgan fingerprint density at radius 3 is 2.07 bits per heavy atom. The molecular weight excluding hydrogens is 182 g/mol. The third kappa shape index (κ3) is 3.05. The minimum atomic E-state index is 0.296. The van der Waals surface area contributed by atoms with Gasteiger partial charge in [0, 0.05) is 11.9 Å². The van der Waals surface area contributed by atoms with Gasteiger partial charge in [0.15, 0.2) is 0 Å².